The van der Waals surface area contributed by atoms with Crippen molar-refractivity contribution >= 4 is 31.8 Å². The number of nitrogens with zero attached hydrogens (tertiary/aromatic N) is 2. The first-order chi connectivity index (χ1) is 12.5. The van der Waals surface area contributed by atoms with Gasteiger partial charge in [0, 0.05) is 28.4 Å². The summed E-state index contributed by atoms with van der Waals surface area (Å²) in [6.07, 6.45) is 2.99. The molecule has 1 aliphatic heterocycles. The van der Waals surface area contributed by atoms with Gasteiger partial charge in [-0.3, -0.25) is 0 Å². The van der Waals surface area contributed by atoms with E-state index in [-0.39, 0.29) is 6.04 Å². The van der Waals surface area contributed by atoms with Gasteiger partial charge in [-0.1, -0.05) is 42.8 Å². The molecule has 1 saturated heterocycles. The second kappa shape index (κ2) is 6.68. The number of fused-ring (bicyclic) bond motifs is 3. The van der Waals surface area contributed by atoms with Gasteiger partial charge >= 0.3 is 0 Å². The van der Waals surface area contributed by atoms with E-state index in [1.165, 1.54) is 10.6 Å². The Morgan fingerprint density at radius 3 is 2.19 bits per heavy atom. The van der Waals surface area contributed by atoms with Gasteiger partial charge in [-0.05, 0) is 25.0 Å². The molecule has 138 valence electrons. The van der Waals surface area contributed by atoms with Gasteiger partial charge in [0.1, 0.15) is 0 Å². The summed E-state index contributed by atoms with van der Waals surface area (Å²) in [6, 6.07) is 15.9. The van der Waals surface area contributed by atoms with E-state index < -0.39 is 16.1 Å². The summed E-state index contributed by atoms with van der Waals surface area (Å²) in [5, 5.41) is 13.3. The normalized spacial score (nSPS) is 20.6. The van der Waals surface area contributed by atoms with Crippen molar-refractivity contribution in [2.45, 2.75) is 38.0 Å². The maximum absolute atomic E-state index is 12.1. The first kappa shape index (κ1) is 17.5. The van der Waals surface area contributed by atoms with Crippen LogP contribution in [0.25, 0.3) is 21.8 Å². The molecular weight excluding hydrogens is 348 g/mol. The number of para-hydroxylation sites is 2. The highest BCUT2D eigenvalue weighted by Crippen LogP contribution is 2.30. The Bertz CT molecular complexity index is 988. The minimum Gasteiger partial charge on any atom is -0.390 e. The monoisotopic (exact) mass is 372 g/mol. The minimum absolute atomic E-state index is 0.362. The molecule has 0 amide bonds. The van der Waals surface area contributed by atoms with Crippen molar-refractivity contribution in [3.8, 4) is 0 Å². The quantitative estimate of drug-likeness (QED) is 0.766. The van der Waals surface area contributed by atoms with E-state index in [1.807, 2.05) is 24.3 Å². The third-order valence-corrected chi connectivity index (χ3v) is 6.72. The van der Waals surface area contributed by atoms with Gasteiger partial charge in [0.05, 0.1) is 24.9 Å². The number of aliphatic hydroxyl groups excluding tert-OH is 1. The molecule has 1 N–H and O–H groups in total. The van der Waals surface area contributed by atoms with E-state index in [0.29, 0.717) is 19.5 Å². The molecule has 5 nitrogen and oxygen atoms in total. The Morgan fingerprint density at radius 2 is 1.62 bits per heavy atom. The number of piperidine rings is 1. The Morgan fingerprint density at radius 1 is 1.04 bits per heavy atom. The van der Waals surface area contributed by atoms with Crippen LogP contribution in [0.4, 0.5) is 0 Å². The number of aliphatic hydroxyl groups is 1. The van der Waals surface area contributed by atoms with E-state index >= 15 is 0 Å². The Hall–Kier alpha value is -1.89. The summed E-state index contributed by atoms with van der Waals surface area (Å²) >= 11 is 0. The van der Waals surface area contributed by atoms with Gasteiger partial charge in [-0.25, -0.2) is 8.42 Å². The summed E-state index contributed by atoms with van der Waals surface area (Å²) < 4.78 is 27.9. The van der Waals surface area contributed by atoms with Gasteiger partial charge < -0.3 is 9.67 Å². The van der Waals surface area contributed by atoms with Crippen molar-refractivity contribution in [3.63, 3.8) is 0 Å². The van der Waals surface area contributed by atoms with Crippen molar-refractivity contribution in [2.24, 2.45) is 0 Å². The summed E-state index contributed by atoms with van der Waals surface area (Å²) in [7, 11) is -3.32. The zero-order valence-electron chi connectivity index (χ0n) is 14.9. The van der Waals surface area contributed by atoms with E-state index in [9.17, 15) is 13.5 Å². The molecule has 3 aromatic rings. The smallest absolute Gasteiger partial charge is 0.211 e. The van der Waals surface area contributed by atoms with Crippen LogP contribution < -0.4 is 0 Å². The molecule has 0 aliphatic carbocycles. The first-order valence-electron chi connectivity index (χ1n) is 9.07. The van der Waals surface area contributed by atoms with Gasteiger partial charge in [0.2, 0.25) is 10.0 Å². The zero-order chi connectivity index (χ0) is 18.3. The molecule has 6 heteroatoms. The number of hydrogen-bond acceptors (Lipinski definition) is 3. The lowest BCUT2D eigenvalue weighted by Crippen LogP contribution is -2.50. The Labute approximate surface area is 153 Å². The largest absolute Gasteiger partial charge is 0.390 e. The predicted molar refractivity (Wildman–Crippen MR) is 105 cm³/mol. The van der Waals surface area contributed by atoms with Crippen molar-refractivity contribution < 1.29 is 13.5 Å². The molecule has 1 fully saturated rings. The summed E-state index contributed by atoms with van der Waals surface area (Å²) in [4.78, 5) is 0. The molecule has 2 aromatic carbocycles. The molecular formula is C20H24N2O3S. The van der Waals surface area contributed by atoms with Crippen LogP contribution >= 0.6 is 0 Å². The maximum atomic E-state index is 12.1. The molecule has 2 unspecified atom stereocenters. The molecule has 26 heavy (non-hydrogen) atoms. The average molecular weight is 372 g/mol. The molecule has 0 bridgehead atoms. The highest BCUT2D eigenvalue weighted by atomic mass is 32.2. The number of benzene rings is 2. The Kier molecular flexibility index (Phi) is 4.50. The lowest BCUT2D eigenvalue weighted by molar-refractivity contribution is 0.0586. The molecule has 0 saturated carbocycles. The highest BCUT2D eigenvalue weighted by Gasteiger charge is 2.34. The topological polar surface area (TPSA) is 62.5 Å². The highest BCUT2D eigenvalue weighted by molar-refractivity contribution is 7.88. The van der Waals surface area contributed by atoms with Gasteiger partial charge in [-0.2, -0.15) is 4.31 Å². The third-order valence-electron chi connectivity index (χ3n) is 5.42. The molecule has 1 aromatic heterocycles. The summed E-state index contributed by atoms with van der Waals surface area (Å²) in [5.74, 6) is 0. The van der Waals surface area contributed by atoms with Crippen LogP contribution in [0, 0.1) is 0 Å². The fourth-order valence-electron chi connectivity index (χ4n) is 4.24. The van der Waals surface area contributed by atoms with Crippen molar-refractivity contribution in [1.82, 2.24) is 8.87 Å². The van der Waals surface area contributed by atoms with Crippen LogP contribution in [0.1, 0.15) is 19.3 Å². The molecule has 4 rings (SSSR count). The van der Waals surface area contributed by atoms with Gasteiger partial charge in [0.25, 0.3) is 0 Å². The molecule has 2 atom stereocenters. The Balaban J connectivity index is 1.74. The average Bonchev–Trinajstić information content (AvgIpc) is 2.95. The van der Waals surface area contributed by atoms with Crippen LogP contribution in [0.3, 0.4) is 0 Å². The standard InChI is InChI=1S/C20H24N2O3S/c1-26(24,25)22-13-7-6-12-19(22)20(23)14-21-17-10-4-2-8-15(17)16-9-3-5-11-18(16)21/h2-5,8-11,19-20,23H,6-7,12-14H2,1H3. The third kappa shape index (κ3) is 3.02. The second-order valence-electron chi connectivity index (χ2n) is 7.15. The van der Waals surface area contributed by atoms with Crippen molar-refractivity contribution in [2.75, 3.05) is 12.8 Å². The first-order valence-corrected chi connectivity index (χ1v) is 10.9. The number of sulfonamides is 1. The van der Waals surface area contributed by atoms with Crippen LogP contribution in [0.5, 0.6) is 0 Å². The summed E-state index contributed by atoms with van der Waals surface area (Å²) in [5.41, 5.74) is 2.13. The molecule has 2 heterocycles. The molecule has 0 spiro atoms. The maximum Gasteiger partial charge on any atom is 0.211 e. The van der Waals surface area contributed by atoms with E-state index in [0.717, 1.165) is 34.6 Å². The fourth-order valence-corrected chi connectivity index (χ4v) is 5.43. The van der Waals surface area contributed by atoms with E-state index in [2.05, 4.69) is 28.8 Å². The van der Waals surface area contributed by atoms with Crippen LogP contribution in [-0.4, -0.2) is 47.3 Å². The second-order valence-corrected chi connectivity index (χ2v) is 9.08. The van der Waals surface area contributed by atoms with Crippen LogP contribution in [0.2, 0.25) is 0 Å². The van der Waals surface area contributed by atoms with Crippen molar-refractivity contribution in [1.29, 1.82) is 0 Å². The number of rotatable bonds is 4. The molecule has 1 aliphatic rings. The minimum atomic E-state index is -3.32. The molecule has 0 radical (unpaired) electrons. The number of hydrogen-bond donors (Lipinski definition) is 1. The number of aromatic nitrogens is 1. The summed E-state index contributed by atoms with van der Waals surface area (Å²) in [6.45, 7) is 0.873. The zero-order valence-corrected chi connectivity index (χ0v) is 15.7. The van der Waals surface area contributed by atoms with Gasteiger partial charge in [-0.15, -0.1) is 0 Å². The van der Waals surface area contributed by atoms with Crippen molar-refractivity contribution in [3.05, 3.63) is 48.5 Å². The van der Waals surface area contributed by atoms with Crippen LogP contribution in [0.15, 0.2) is 48.5 Å². The fraction of sp³-hybridized carbons (Fsp3) is 0.400. The lowest BCUT2D eigenvalue weighted by atomic mass is 9.99. The van der Waals surface area contributed by atoms with E-state index in [4.69, 9.17) is 0 Å². The lowest BCUT2D eigenvalue weighted by Gasteiger charge is -2.36. The van der Waals surface area contributed by atoms with Crippen LogP contribution in [-0.2, 0) is 16.6 Å². The van der Waals surface area contributed by atoms with E-state index in [1.54, 1.807) is 0 Å². The SMILES string of the molecule is CS(=O)(=O)N1CCCCC1C(O)Cn1c2ccccc2c2ccccc21. The predicted octanol–water partition coefficient (Wildman–Crippen LogP) is 2.97. The van der Waals surface area contributed by atoms with Gasteiger partial charge in [0.15, 0.2) is 0 Å².